The van der Waals surface area contributed by atoms with Crippen molar-refractivity contribution in [3.8, 4) is 5.75 Å². The van der Waals surface area contributed by atoms with Crippen molar-refractivity contribution >= 4 is 44.8 Å². The number of carbonyl (C=O) groups excluding carboxylic acids is 2. The van der Waals surface area contributed by atoms with Crippen molar-refractivity contribution in [2.24, 2.45) is 0 Å². The normalized spacial score (nSPS) is 15.9. The summed E-state index contributed by atoms with van der Waals surface area (Å²) in [5, 5.41) is 5.18. The molecule has 1 atom stereocenters. The first-order valence-corrected chi connectivity index (χ1v) is 11.7. The zero-order valence-electron chi connectivity index (χ0n) is 16.1. The van der Waals surface area contributed by atoms with E-state index in [-0.39, 0.29) is 28.2 Å². The molecule has 0 saturated heterocycles. The average molecular weight is 435 g/mol. The highest BCUT2D eigenvalue weighted by molar-refractivity contribution is 8.01. The van der Waals surface area contributed by atoms with E-state index in [1.54, 1.807) is 37.3 Å². The van der Waals surface area contributed by atoms with Crippen molar-refractivity contribution in [2.75, 3.05) is 23.0 Å². The largest absolute Gasteiger partial charge is 0.492 e. The highest BCUT2D eigenvalue weighted by Crippen LogP contribution is 2.37. The van der Waals surface area contributed by atoms with Crippen LogP contribution >= 0.6 is 11.8 Å². The lowest BCUT2D eigenvalue weighted by molar-refractivity contribution is -0.116. The molecule has 0 aliphatic carbocycles. The number of benzene rings is 2. The zero-order valence-corrected chi connectivity index (χ0v) is 17.7. The Morgan fingerprint density at radius 3 is 2.76 bits per heavy atom. The van der Waals surface area contributed by atoms with Crippen molar-refractivity contribution in [3.05, 3.63) is 42.5 Å². The molecule has 0 spiro atoms. The molecule has 2 aromatic rings. The number of nitrogens with one attached hydrogen (secondary N) is 2. The van der Waals surface area contributed by atoms with Crippen LogP contribution in [0.5, 0.6) is 5.75 Å². The van der Waals surface area contributed by atoms with E-state index in [0.29, 0.717) is 23.7 Å². The number of ether oxygens (including phenoxy) is 1. The molecule has 3 rings (SSSR count). The molecular weight excluding hydrogens is 412 g/mol. The van der Waals surface area contributed by atoms with Gasteiger partial charge in [-0.1, -0.05) is 12.1 Å². The van der Waals surface area contributed by atoms with E-state index in [4.69, 9.17) is 4.74 Å². The molecule has 0 unspecified atom stereocenters. The molecule has 29 heavy (non-hydrogen) atoms. The van der Waals surface area contributed by atoms with Crippen LogP contribution in [-0.4, -0.2) is 37.8 Å². The molecule has 7 nitrogen and oxygen atoms in total. The third-order valence-electron chi connectivity index (χ3n) is 4.30. The van der Waals surface area contributed by atoms with Gasteiger partial charge in [-0.2, -0.15) is 0 Å². The Kier molecular flexibility index (Phi) is 6.49. The van der Waals surface area contributed by atoms with E-state index in [1.807, 2.05) is 6.92 Å². The lowest BCUT2D eigenvalue weighted by Gasteiger charge is -2.21. The third-order valence-corrected chi connectivity index (χ3v) is 7.19. The molecule has 2 aromatic carbocycles. The fraction of sp³-hybridized carbons (Fsp3) is 0.300. The Balaban J connectivity index is 1.67. The highest BCUT2D eigenvalue weighted by Gasteiger charge is 2.25. The average Bonchev–Trinajstić information content (AvgIpc) is 2.69. The van der Waals surface area contributed by atoms with Gasteiger partial charge in [-0.25, -0.2) is 8.42 Å². The minimum atomic E-state index is -3.69. The molecular formula is C20H22N2O5S2. The van der Waals surface area contributed by atoms with Crippen LogP contribution in [0.4, 0.5) is 11.4 Å². The van der Waals surface area contributed by atoms with Gasteiger partial charge in [0.1, 0.15) is 5.75 Å². The molecule has 154 valence electrons. The summed E-state index contributed by atoms with van der Waals surface area (Å²) in [5.41, 5.74) is 0.980. The van der Waals surface area contributed by atoms with Crippen LogP contribution in [0.2, 0.25) is 0 Å². The van der Waals surface area contributed by atoms with Gasteiger partial charge in [0.25, 0.3) is 0 Å². The highest BCUT2D eigenvalue weighted by atomic mass is 32.2. The molecule has 0 bridgehead atoms. The number of hydrogen-bond acceptors (Lipinski definition) is 6. The number of para-hydroxylation sites is 2. The minimum absolute atomic E-state index is 0.0780. The molecule has 1 aliphatic heterocycles. The van der Waals surface area contributed by atoms with Gasteiger partial charge in [-0.3, -0.25) is 9.59 Å². The van der Waals surface area contributed by atoms with E-state index < -0.39 is 15.7 Å². The predicted molar refractivity (Wildman–Crippen MR) is 113 cm³/mol. The summed E-state index contributed by atoms with van der Waals surface area (Å²) in [6, 6.07) is 11.6. The van der Waals surface area contributed by atoms with Crippen molar-refractivity contribution in [1.29, 1.82) is 0 Å². The maximum absolute atomic E-state index is 12.7. The van der Waals surface area contributed by atoms with Crippen LogP contribution in [0.25, 0.3) is 0 Å². The van der Waals surface area contributed by atoms with Crippen molar-refractivity contribution < 1.29 is 22.7 Å². The van der Waals surface area contributed by atoms with Gasteiger partial charge in [-0.05, 0) is 44.2 Å². The maximum Gasteiger partial charge on any atom is 0.237 e. The Hall–Kier alpha value is -2.52. The summed E-state index contributed by atoms with van der Waals surface area (Å²) < 4.78 is 30.8. The van der Waals surface area contributed by atoms with Gasteiger partial charge in [0.15, 0.2) is 9.84 Å². The fourth-order valence-corrected chi connectivity index (χ4v) is 4.98. The van der Waals surface area contributed by atoms with Crippen LogP contribution in [0, 0.1) is 0 Å². The molecule has 1 heterocycles. The summed E-state index contributed by atoms with van der Waals surface area (Å²) in [5.74, 6) is -0.393. The minimum Gasteiger partial charge on any atom is -0.492 e. The molecule has 2 N–H and O–H groups in total. The number of fused-ring (bicyclic) bond motifs is 1. The van der Waals surface area contributed by atoms with Crippen LogP contribution in [-0.2, 0) is 19.4 Å². The molecule has 1 aliphatic rings. The number of anilines is 2. The van der Waals surface area contributed by atoms with E-state index in [0.717, 1.165) is 4.90 Å². The number of thioether (sulfide) groups is 1. The topological polar surface area (TPSA) is 102 Å². The monoisotopic (exact) mass is 434 g/mol. The Morgan fingerprint density at radius 2 is 2.00 bits per heavy atom. The maximum atomic E-state index is 12.7. The van der Waals surface area contributed by atoms with E-state index in [1.165, 1.54) is 23.9 Å². The van der Waals surface area contributed by atoms with Crippen molar-refractivity contribution in [2.45, 2.75) is 35.3 Å². The second-order valence-corrected chi connectivity index (χ2v) is 9.95. The first-order valence-electron chi connectivity index (χ1n) is 9.16. The predicted octanol–water partition coefficient (Wildman–Crippen LogP) is 3.32. The number of sulfone groups is 1. The quantitative estimate of drug-likeness (QED) is 0.693. The second kappa shape index (κ2) is 8.87. The number of amides is 2. The summed E-state index contributed by atoms with van der Waals surface area (Å²) in [6.45, 7) is 4.08. The third kappa shape index (κ3) is 5.10. The Labute approximate surface area is 174 Å². The van der Waals surface area contributed by atoms with Crippen LogP contribution < -0.4 is 15.4 Å². The lowest BCUT2D eigenvalue weighted by atomic mass is 10.3. The summed E-state index contributed by atoms with van der Waals surface area (Å²) >= 11 is 1.38. The molecule has 0 fully saturated rings. The lowest BCUT2D eigenvalue weighted by Crippen LogP contribution is -2.26. The summed E-state index contributed by atoms with van der Waals surface area (Å²) in [4.78, 5) is 25.0. The second-order valence-electron chi connectivity index (χ2n) is 6.45. The van der Waals surface area contributed by atoms with Gasteiger partial charge in [-0.15, -0.1) is 11.8 Å². The van der Waals surface area contributed by atoms with Gasteiger partial charge >= 0.3 is 0 Å². The number of carbonyl (C=O) groups is 2. The number of hydrogen-bond donors (Lipinski definition) is 2. The van der Waals surface area contributed by atoms with Crippen LogP contribution in [0.1, 0.15) is 20.3 Å². The fourth-order valence-electron chi connectivity index (χ4n) is 2.79. The Bertz CT molecular complexity index is 1040. The SMILES string of the molecule is CCOc1ccccc1NC(=O)CCS(=O)(=O)c1ccc2c(c1)NC(=O)[C@H](C)S2. The van der Waals surface area contributed by atoms with E-state index in [2.05, 4.69) is 10.6 Å². The first-order chi connectivity index (χ1) is 13.8. The van der Waals surface area contributed by atoms with Gasteiger partial charge in [0, 0.05) is 11.3 Å². The Morgan fingerprint density at radius 1 is 1.24 bits per heavy atom. The van der Waals surface area contributed by atoms with E-state index in [9.17, 15) is 18.0 Å². The molecule has 0 radical (unpaired) electrons. The zero-order chi connectivity index (χ0) is 21.0. The standard InChI is InChI=1S/C20H22N2O5S2/c1-3-27-17-7-5-4-6-15(17)21-19(23)10-11-29(25,26)14-8-9-18-16(12-14)22-20(24)13(2)28-18/h4-9,12-13H,3,10-11H2,1-2H3,(H,21,23)(H,22,24)/t13-/m0/s1. The van der Waals surface area contributed by atoms with Crippen molar-refractivity contribution in [3.63, 3.8) is 0 Å². The van der Waals surface area contributed by atoms with Gasteiger partial charge < -0.3 is 15.4 Å². The molecule has 2 amide bonds. The van der Waals surface area contributed by atoms with Crippen molar-refractivity contribution in [1.82, 2.24) is 0 Å². The van der Waals surface area contributed by atoms with Crippen LogP contribution in [0.15, 0.2) is 52.3 Å². The number of rotatable bonds is 7. The molecule has 9 heteroatoms. The first kappa shape index (κ1) is 21.2. The molecule has 0 aromatic heterocycles. The van der Waals surface area contributed by atoms with Crippen LogP contribution in [0.3, 0.4) is 0 Å². The van der Waals surface area contributed by atoms with Gasteiger partial charge in [0.05, 0.1) is 33.9 Å². The van der Waals surface area contributed by atoms with Gasteiger partial charge in [0.2, 0.25) is 11.8 Å². The van der Waals surface area contributed by atoms with E-state index >= 15 is 0 Å². The summed E-state index contributed by atoms with van der Waals surface area (Å²) in [7, 11) is -3.69. The summed E-state index contributed by atoms with van der Waals surface area (Å²) in [6.07, 6.45) is -0.196. The molecule has 0 saturated carbocycles. The smallest absolute Gasteiger partial charge is 0.237 e.